The Balaban J connectivity index is 3.07. The van der Waals surface area contributed by atoms with E-state index < -0.39 is 0 Å². The van der Waals surface area contributed by atoms with E-state index in [9.17, 15) is 0 Å². The summed E-state index contributed by atoms with van der Waals surface area (Å²) in [5, 5.41) is 0.926. The van der Waals surface area contributed by atoms with E-state index in [1.54, 1.807) is 0 Å². The van der Waals surface area contributed by atoms with Gasteiger partial charge >= 0.3 is 0 Å². The van der Waals surface area contributed by atoms with Crippen LogP contribution in [0.15, 0.2) is 12.1 Å². The summed E-state index contributed by atoms with van der Waals surface area (Å²) in [7, 11) is 0. The molecule has 53 valence electrons. The lowest BCUT2D eigenvalue weighted by Gasteiger charge is -2.00. The summed E-state index contributed by atoms with van der Waals surface area (Å²) < 4.78 is 0. The van der Waals surface area contributed by atoms with E-state index in [0.29, 0.717) is 0 Å². The van der Waals surface area contributed by atoms with Crippen LogP contribution in [0.25, 0.3) is 0 Å². The molecule has 1 rings (SSSR count). The fourth-order valence-electron chi connectivity index (χ4n) is 0.913. The van der Waals surface area contributed by atoms with Crippen LogP contribution in [-0.4, -0.2) is 0 Å². The SMILES string of the molecule is Cc1[c]c(C)c(CBr)cc1. The predicted molar refractivity (Wildman–Crippen MR) is 47.4 cm³/mol. The van der Waals surface area contributed by atoms with Gasteiger partial charge in [0, 0.05) is 5.33 Å². The lowest BCUT2D eigenvalue weighted by Crippen LogP contribution is -1.84. The molecule has 0 aliphatic heterocycles. The van der Waals surface area contributed by atoms with Gasteiger partial charge in [0.1, 0.15) is 0 Å². The van der Waals surface area contributed by atoms with Crippen LogP contribution in [0.1, 0.15) is 16.7 Å². The van der Waals surface area contributed by atoms with E-state index in [1.807, 2.05) is 0 Å². The average Bonchev–Trinajstić information content (AvgIpc) is 1.88. The molecule has 10 heavy (non-hydrogen) atoms. The molecule has 0 aromatic heterocycles. The van der Waals surface area contributed by atoms with Gasteiger partial charge in [0.15, 0.2) is 0 Å². The van der Waals surface area contributed by atoms with Crippen LogP contribution < -0.4 is 0 Å². The summed E-state index contributed by atoms with van der Waals surface area (Å²) in [6.45, 7) is 4.15. The zero-order valence-electron chi connectivity index (χ0n) is 6.24. The Kier molecular flexibility index (Phi) is 2.50. The van der Waals surface area contributed by atoms with Crippen molar-refractivity contribution in [3.05, 3.63) is 34.9 Å². The van der Waals surface area contributed by atoms with Gasteiger partial charge < -0.3 is 0 Å². The molecule has 0 N–H and O–H groups in total. The Hall–Kier alpha value is -0.300. The average molecular weight is 198 g/mol. The highest BCUT2D eigenvalue weighted by molar-refractivity contribution is 9.08. The number of rotatable bonds is 1. The van der Waals surface area contributed by atoms with Crippen molar-refractivity contribution in [3.8, 4) is 0 Å². The molecule has 1 radical (unpaired) electrons. The molecule has 0 amide bonds. The zero-order chi connectivity index (χ0) is 7.56. The highest BCUT2D eigenvalue weighted by Crippen LogP contribution is 2.12. The van der Waals surface area contributed by atoms with Crippen molar-refractivity contribution in [1.82, 2.24) is 0 Å². The van der Waals surface area contributed by atoms with Crippen LogP contribution in [0.4, 0.5) is 0 Å². The van der Waals surface area contributed by atoms with Crippen LogP contribution in [-0.2, 0) is 5.33 Å². The smallest absolute Gasteiger partial charge is 0.0285 e. The van der Waals surface area contributed by atoms with Crippen molar-refractivity contribution in [2.24, 2.45) is 0 Å². The quantitative estimate of drug-likeness (QED) is 0.608. The lowest BCUT2D eigenvalue weighted by atomic mass is 10.1. The maximum atomic E-state index is 3.41. The van der Waals surface area contributed by atoms with Crippen molar-refractivity contribution in [2.75, 3.05) is 0 Å². The molecule has 0 saturated heterocycles. The van der Waals surface area contributed by atoms with Gasteiger partial charge in [-0.15, -0.1) is 0 Å². The van der Waals surface area contributed by atoms with E-state index in [0.717, 1.165) is 5.33 Å². The summed E-state index contributed by atoms with van der Waals surface area (Å²) in [4.78, 5) is 0. The van der Waals surface area contributed by atoms with Crippen LogP contribution in [0, 0.1) is 19.9 Å². The third-order valence-electron chi connectivity index (χ3n) is 1.54. The molecule has 1 aromatic rings. The molecule has 0 fully saturated rings. The van der Waals surface area contributed by atoms with E-state index >= 15 is 0 Å². The number of aryl methyl sites for hydroxylation is 2. The lowest BCUT2D eigenvalue weighted by molar-refractivity contribution is 1.28. The minimum atomic E-state index is 0.926. The van der Waals surface area contributed by atoms with Crippen LogP contribution in [0.5, 0.6) is 0 Å². The van der Waals surface area contributed by atoms with Crippen LogP contribution in [0.2, 0.25) is 0 Å². The van der Waals surface area contributed by atoms with Gasteiger partial charge in [-0.2, -0.15) is 0 Å². The molecule has 0 saturated carbocycles. The van der Waals surface area contributed by atoms with Gasteiger partial charge in [0.25, 0.3) is 0 Å². The first-order valence-corrected chi connectivity index (χ1v) is 4.40. The molecule has 0 nitrogen and oxygen atoms in total. The molecule has 0 spiro atoms. The van der Waals surface area contributed by atoms with Crippen LogP contribution in [0.3, 0.4) is 0 Å². The fourth-order valence-corrected chi connectivity index (χ4v) is 1.52. The Morgan fingerprint density at radius 2 is 2.10 bits per heavy atom. The highest BCUT2D eigenvalue weighted by atomic mass is 79.9. The number of hydrogen-bond donors (Lipinski definition) is 0. The first-order valence-electron chi connectivity index (χ1n) is 3.28. The monoisotopic (exact) mass is 197 g/mol. The third-order valence-corrected chi connectivity index (χ3v) is 2.15. The van der Waals surface area contributed by atoms with Gasteiger partial charge in [0.2, 0.25) is 0 Å². The van der Waals surface area contributed by atoms with Crippen molar-refractivity contribution >= 4 is 15.9 Å². The molecule has 0 atom stereocenters. The molecule has 0 unspecified atom stereocenters. The summed E-state index contributed by atoms with van der Waals surface area (Å²) >= 11 is 3.41. The zero-order valence-corrected chi connectivity index (χ0v) is 7.83. The fraction of sp³-hybridized carbons (Fsp3) is 0.333. The molecule has 0 aliphatic rings. The van der Waals surface area contributed by atoms with Gasteiger partial charge in [-0.05, 0) is 36.6 Å². The molecule has 0 heterocycles. The summed E-state index contributed by atoms with van der Waals surface area (Å²) in [5.74, 6) is 0. The van der Waals surface area contributed by atoms with E-state index in [4.69, 9.17) is 0 Å². The largest absolute Gasteiger partial charge is 0.0876 e. The number of hydrogen-bond acceptors (Lipinski definition) is 0. The molecular weight excluding hydrogens is 188 g/mol. The number of halogens is 1. The highest BCUT2D eigenvalue weighted by Gasteiger charge is 1.94. The Labute approximate surface area is 70.4 Å². The normalized spacial score (nSPS) is 9.90. The van der Waals surface area contributed by atoms with Gasteiger partial charge in [-0.1, -0.05) is 28.1 Å². The minimum absolute atomic E-state index is 0.926. The summed E-state index contributed by atoms with van der Waals surface area (Å²) in [6, 6.07) is 7.48. The van der Waals surface area contributed by atoms with Crippen molar-refractivity contribution in [1.29, 1.82) is 0 Å². The second-order valence-electron chi connectivity index (χ2n) is 2.43. The standard InChI is InChI=1S/C9H10Br/c1-7-3-4-9(6-10)8(2)5-7/h3-4H,6H2,1-2H3. The summed E-state index contributed by atoms with van der Waals surface area (Å²) in [6.07, 6.45) is 0. The maximum absolute atomic E-state index is 3.41. The molecule has 1 heteroatoms. The van der Waals surface area contributed by atoms with Crippen molar-refractivity contribution < 1.29 is 0 Å². The van der Waals surface area contributed by atoms with Crippen molar-refractivity contribution in [3.63, 3.8) is 0 Å². The van der Waals surface area contributed by atoms with Gasteiger partial charge in [-0.3, -0.25) is 0 Å². The predicted octanol–water partition coefficient (Wildman–Crippen LogP) is 3.00. The summed E-state index contributed by atoms with van der Waals surface area (Å²) in [5.41, 5.74) is 3.78. The Bertz CT molecular complexity index is 228. The van der Waals surface area contributed by atoms with E-state index in [-0.39, 0.29) is 0 Å². The van der Waals surface area contributed by atoms with Crippen molar-refractivity contribution in [2.45, 2.75) is 19.2 Å². The van der Waals surface area contributed by atoms with Crippen LogP contribution >= 0.6 is 15.9 Å². The second-order valence-corrected chi connectivity index (χ2v) is 2.99. The molecular formula is C9H10Br. The second kappa shape index (κ2) is 3.20. The van der Waals surface area contributed by atoms with Gasteiger partial charge in [0.05, 0.1) is 0 Å². The molecule has 0 bridgehead atoms. The number of alkyl halides is 1. The Morgan fingerprint density at radius 3 is 2.60 bits per heavy atom. The Morgan fingerprint density at radius 1 is 1.40 bits per heavy atom. The molecule has 1 aromatic carbocycles. The topological polar surface area (TPSA) is 0 Å². The maximum Gasteiger partial charge on any atom is 0.0285 e. The first kappa shape index (κ1) is 7.80. The van der Waals surface area contributed by atoms with Gasteiger partial charge in [-0.25, -0.2) is 0 Å². The minimum Gasteiger partial charge on any atom is -0.0876 e. The van der Waals surface area contributed by atoms with E-state index in [1.165, 1.54) is 16.7 Å². The third kappa shape index (κ3) is 1.60. The van der Waals surface area contributed by atoms with E-state index in [2.05, 4.69) is 48.0 Å². The first-order chi connectivity index (χ1) is 4.74. The number of benzene rings is 1. The molecule has 0 aliphatic carbocycles.